The first-order valence-electron chi connectivity index (χ1n) is 12.4. The smallest absolute Gasteiger partial charge is 0.305 e. The Balaban J connectivity index is 1.51. The normalized spacial score (nSPS) is 10.7. The molecule has 7 nitrogen and oxygen atoms in total. The van der Waals surface area contributed by atoms with E-state index in [9.17, 15) is 19.5 Å². The lowest BCUT2D eigenvalue weighted by Gasteiger charge is -2.24. The standard InChI is InChI=1S/C29H34N2O5/c1-36-29(35)14-5-3-2-4-13-27(33)30-24-17-15-22(16-18-24)21-28(34)31(19-20-32)26-12-8-10-23-9-6-7-11-25(23)26/h6-12,15-18,32H,2-5,13-14,19-21H2,1H3,(H,30,33). The zero-order chi connectivity index (χ0) is 25.8. The van der Waals surface area contributed by atoms with Crippen LogP contribution in [0.1, 0.15) is 44.1 Å². The SMILES string of the molecule is COC(=O)CCCCCCC(=O)Nc1ccc(CC(=O)N(CCO)c2cccc3ccccc23)cc1. The molecule has 0 spiro atoms. The molecule has 3 aromatic carbocycles. The second kappa shape index (κ2) is 14.0. The quantitative estimate of drug-likeness (QED) is 0.264. The molecular weight excluding hydrogens is 456 g/mol. The predicted molar refractivity (Wildman–Crippen MR) is 142 cm³/mol. The van der Waals surface area contributed by atoms with Crippen molar-refractivity contribution < 1.29 is 24.2 Å². The molecule has 7 heteroatoms. The highest BCUT2D eigenvalue weighted by Gasteiger charge is 2.18. The summed E-state index contributed by atoms with van der Waals surface area (Å²) in [5.41, 5.74) is 2.29. The fraction of sp³-hybridized carbons (Fsp3) is 0.345. The van der Waals surface area contributed by atoms with Gasteiger partial charge in [-0.1, -0.05) is 61.4 Å². The number of fused-ring (bicyclic) bond motifs is 1. The third-order valence-electron chi connectivity index (χ3n) is 6.04. The van der Waals surface area contributed by atoms with Gasteiger partial charge in [0.25, 0.3) is 0 Å². The largest absolute Gasteiger partial charge is 0.469 e. The number of unbranched alkanes of at least 4 members (excludes halogenated alkanes) is 3. The third kappa shape index (κ3) is 7.92. The Morgan fingerprint density at radius 2 is 1.56 bits per heavy atom. The van der Waals surface area contributed by atoms with E-state index in [1.165, 1.54) is 7.11 Å². The van der Waals surface area contributed by atoms with Crippen molar-refractivity contribution in [2.45, 2.75) is 44.9 Å². The second-order valence-corrected chi connectivity index (χ2v) is 8.68. The molecule has 190 valence electrons. The maximum atomic E-state index is 13.2. The van der Waals surface area contributed by atoms with Crippen LogP contribution in [0.4, 0.5) is 11.4 Å². The van der Waals surface area contributed by atoms with Crippen LogP contribution in [0.25, 0.3) is 10.8 Å². The highest BCUT2D eigenvalue weighted by molar-refractivity contribution is 6.04. The van der Waals surface area contributed by atoms with Crippen LogP contribution in [0.3, 0.4) is 0 Å². The molecule has 0 saturated heterocycles. The number of benzene rings is 3. The minimum Gasteiger partial charge on any atom is -0.469 e. The molecule has 3 aromatic rings. The van der Waals surface area contributed by atoms with Crippen LogP contribution >= 0.6 is 0 Å². The minimum atomic E-state index is -0.201. The maximum Gasteiger partial charge on any atom is 0.305 e. The number of anilines is 2. The van der Waals surface area contributed by atoms with E-state index in [0.717, 1.165) is 47.7 Å². The summed E-state index contributed by atoms with van der Waals surface area (Å²) in [6.45, 7) is 0.0783. The summed E-state index contributed by atoms with van der Waals surface area (Å²) in [7, 11) is 1.38. The van der Waals surface area contributed by atoms with E-state index in [1.807, 2.05) is 54.6 Å². The Hall–Kier alpha value is -3.71. The van der Waals surface area contributed by atoms with E-state index in [1.54, 1.807) is 17.0 Å². The Morgan fingerprint density at radius 1 is 0.861 bits per heavy atom. The molecule has 0 aliphatic rings. The van der Waals surface area contributed by atoms with E-state index in [-0.39, 0.29) is 37.4 Å². The number of ether oxygens (including phenoxy) is 1. The molecule has 0 aromatic heterocycles. The summed E-state index contributed by atoms with van der Waals surface area (Å²) in [4.78, 5) is 38.1. The summed E-state index contributed by atoms with van der Waals surface area (Å²) in [6.07, 6.45) is 4.31. The van der Waals surface area contributed by atoms with E-state index in [2.05, 4.69) is 10.1 Å². The van der Waals surface area contributed by atoms with Crippen LogP contribution in [-0.2, 0) is 25.5 Å². The zero-order valence-corrected chi connectivity index (χ0v) is 20.7. The number of aliphatic hydroxyl groups is 1. The molecule has 0 fully saturated rings. The number of rotatable bonds is 13. The average Bonchev–Trinajstić information content (AvgIpc) is 2.90. The number of amides is 2. The van der Waals surface area contributed by atoms with Crippen LogP contribution in [-0.4, -0.2) is 43.2 Å². The Kier molecular flexibility index (Phi) is 10.5. The van der Waals surface area contributed by atoms with Crippen LogP contribution in [0.2, 0.25) is 0 Å². The number of carbonyl (C=O) groups excluding carboxylic acids is 3. The lowest BCUT2D eigenvalue weighted by Crippen LogP contribution is -2.34. The fourth-order valence-electron chi connectivity index (χ4n) is 4.13. The lowest BCUT2D eigenvalue weighted by atomic mass is 10.1. The van der Waals surface area contributed by atoms with Crippen LogP contribution < -0.4 is 10.2 Å². The van der Waals surface area contributed by atoms with Gasteiger partial charge in [-0.25, -0.2) is 0 Å². The van der Waals surface area contributed by atoms with E-state index in [4.69, 9.17) is 0 Å². The first-order chi connectivity index (χ1) is 17.5. The van der Waals surface area contributed by atoms with Crippen molar-refractivity contribution in [2.24, 2.45) is 0 Å². The van der Waals surface area contributed by atoms with Crippen LogP contribution in [0, 0.1) is 0 Å². The molecule has 0 aliphatic heterocycles. The topological polar surface area (TPSA) is 95.9 Å². The monoisotopic (exact) mass is 490 g/mol. The van der Waals surface area contributed by atoms with Crippen molar-refractivity contribution in [3.8, 4) is 0 Å². The number of esters is 1. The van der Waals surface area contributed by atoms with Gasteiger partial charge in [0.15, 0.2) is 0 Å². The van der Waals surface area contributed by atoms with E-state index in [0.29, 0.717) is 18.5 Å². The molecule has 36 heavy (non-hydrogen) atoms. The molecule has 0 heterocycles. The van der Waals surface area contributed by atoms with E-state index < -0.39 is 0 Å². The molecule has 0 bridgehead atoms. The summed E-state index contributed by atoms with van der Waals surface area (Å²) >= 11 is 0. The van der Waals surface area contributed by atoms with E-state index >= 15 is 0 Å². The Morgan fingerprint density at radius 3 is 2.28 bits per heavy atom. The first kappa shape index (κ1) is 26.9. The number of hydrogen-bond acceptors (Lipinski definition) is 5. The van der Waals surface area contributed by atoms with Gasteiger partial charge in [-0.3, -0.25) is 14.4 Å². The maximum absolute atomic E-state index is 13.2. The molecule has 0 atom stereocenters. The summed E-state index contributed by atoms with van der Waals surface area (Å²) in [5.74, 6) is -0.367. The molecule has 0 aliphatic carbocycles. The molecule has 2 N–H and O–H groups in total. The van der Waals surface area contributed by atoms with Gasteiger partial charge in [-0.2, -0.15) is 0 Å². The average molecular weight is 491 g/mol. The zero-order valence-electron chi connectivity index (χ0n) is 20.7. The highest BCUT2D eigenvalue weighted by Crippen LogP contribution is 2.27. The van der Waals surface area contributed by atoms with Crippen molar-refractivity contribution in [1.29, 1.82) is 0 Å². The Labute approximate surface area is 212 Å². The van der Waals surface area contributed by atoms with Gasteiger partial charge >= 0.3 is 5.97 Å². The molecule has 3 rings (SSSR count). The molecule has 0 unspecified atom stereocenters. The van der Waals surface area contributed by atoms with Crippen molar-refractivity contribution >= 4 is 39.9 Å². The number of nitrogens with zero attached hydrogens (tertiary/aromatic N) is 1. The van der Waals surface area contributed by atoms with Crippen LogP contribution in [0.15, 0.2) is 66.7 Å². The predicted octanol–water partition coefficient (Wildman–Crippen LogP) is 4.86. The van der Waals surface area contributed by atoms with Crippen molar-refractivity contribution in [1.82, 2.24) is 0 Å². The Bertz CT molecular complexity index is 1150. The molecule has 2 amide bonds. The summed E-state index contributed by atoms with van der Waals surface area (Å²) in [5, 5.41) is 14.5. The number of methoxy groups -OCH3 is 1. The van der Waals surface area contributed by atoms with Gasteiger partial charge in [-0.05, 0) is 42.0 Å². The molecule has 0 radical (unpaired) electrons. The number of aliphatic hydroxyl groups excluding tert-OH is 1. The first-order valence-corrected chi connectivity index (χ1v) is 12.4. The van der Waals surface area contributed by atoms with Crippen LogP contribution in [0.5, 0.6) is 0 Å². The van der Waals surface area contributed by atoms with Crippen molar-refractivity contribution in [3.63, 3.8) is 0 Å². The molecular formula is C29H34N2O5. The minimum absolute atomic E-state index is 0.0585. The van der Waals surface area contributed by atoms with Crippen molar-refractivity contribution in [3.05, 3.63) is 72.3 Å². The summed E-state index contributed by atoms with van der Waals surface area (Å²) in [6, 6.07) is 20.9. The van der Waals surface area contributed by atoms with Gasteiger partial charge in [0, 0.05) is 30.5 Å². The van der Waals surface area contributed by atoms with Gasteiger partial charge in [0.2, 0.25) is 11.8 Å². The molecule has 0 saturated carbocycles. The number of hydrogen-bond donors (Lipinski definition) is 2. The number of nitrogens with one attached hydrogen (secondary N) is 1. The highest BCUT2D eigenvalue weighted by atomic mass is 16.5. The fourth-order valence-corrected chi connectivity index (χ4v) is 4.13. The lowest BCUT2D eigenvalue weighted by molar-refractivity contribution is -0.140. The van der Waals surface area contributed by atoms with Gasteiger partial charge in [0.05, 0.1) is 25.8 Å². The van der Waals surface area contributed by atoms with Gasteiger partial charge < -0.3 is 20.1 Å². The number of carbonyl (C=O) groups is 3. The van der Waals surface area contributed by atoms with Gasteiger partial charge in [0.1, 0.15) is 0 Å². The van der Waals surface area contributed by atoms with Crippen molar-refractivity contribution in [2.75, 3.05) is 30.5 Å². The van der Waals surface area contributed by atoms with Gasteiger partial charge in [-0.15, -0.1) is 0 Å². The third-order valence-corrected chi connectivity index (χ3v) is 6.04. The summed E-state index contributed by atoms with van der Waals surface area (Å²) < 4.78 is 4.61. The second-order valence-electron chi connectivity index (χ2n) is 8.68.